The lowest BCUT2D eigenvalue weighted by Crippen LogP contribution is -2.29. The van der Waals surface area contributed by atoms with Gasteiger partial charge in [0.15, 0.2) is 0 Å². The van der Waals surface area contributed by atoms with Gasteiger partial charge in [-0.2, -0.15) is 0 Å². The van der Waals surface area contributed by atoms with Gasteiger partial charge in [-0.15, -0.1) is 0 Å². The first-order valence-corrected chi connectivity index (χ1v) is 8.99. The van der Waals surface area contributed by atoms with Crippen molar-refractivity contribution >= 4 is 23.1 Å². The Morgan fingerprint density at radius 3 is 1.35 bits per heavy atom. The molecule has 0 radical (unpaired) electrons. The van der Waals surface area contributed by atoms with Crippen molar-refractivity contribution in [2.24, 2.45) is 23.7 Å². The molecule has 0 saturated heterocycles. The third-order valence-electron chi connectivity index (χ3n) is 5.70. The molecule has 23 heavy (non-hydrogen) atoms. The molecule has 0 aromatic carbocycles. The highest BCUT2D eigenvalue weighted by atomic mass is 16.1. The van der Waals surface area contributed by atoms with Gasteiger partial charge in [0, 0.05) is 49.4 Å². The predicted molar refractivity (Wildman–Crippen MR) is 86.9 cm³/mol. The van der Waals surface area contributed by atoms with Crippen LogP contribution in [0.15, 0.2) is 0 Å². The summed E-state index contributed by atoms with van der Waals surface area (Å²) >= 11 is 0. The van der Waals surface area contributed by atoms with Crippen molar-refractivity contribution in [1.82, 2.24) is 0 Å². The molecule has 0 aliphatic heterocycles. The summed E-state index contributed by atoms with van der Waals surface area (Å²) in [5, 5.41) is 0. The van der Waals surface area contributed by atoms with Gasteiger partial charge in [0.1, 0.15) is 23.1 Å². The molecule has 4 atom stereocenters. The van der Waals surface area contributed by atoms with E-state index >= 15 is 0 Å². The zero-order valence-corrected chi connectivity index (χ0v) is 14.3. The van der Waals surface area contributed by atoms with E-state index in [1.165, 1.54) is 0 Å². The Morgan fingerprint density at radius 1 is 0.609 bits per heavy atom. The Labute approximate surface area is 138 Å². The fourth-order valence-corrected chi connectivity index (χ4v) is 3.74. The highest BCUT2D eigenvalue weighted by Crippen LogP contribution is 2.31. The maximum absolute atomic E-state index is 12.4. The van der Waals surface area contributed by atoms with Crippen LogP contribution in [0.4, 0.5) is 0 Å². The molecular weight excluding hydrogens is 292 g/mol. The van der Waals surface area contributed by atoms with Crippen LogP contribution in [0.1, 0.15) is 71.6 Å². The summed E-state index contributed by atoms with van der Waals surface area (Å²) in [5.74, 6) is 0.424. The lowest BCUT2D eigenvalue weighted by molar-refractivity contribution is -0.129. The Bertz CT molecular complexity index is 450. The van der Waals surface area contributed by atoms with Crippen molar-refractivity contribution < 1.29 is 19.2 Å². The minimum Gasteiger partial charge on any atom is -0.299 e. The smallest absolute Gasteiger partial charge is 0.136 e. The largest absolute Gasteiger partial charge is 0.299 e. The molecule has 2 fully saturated rings. The Balaban J connectivity index is 2.00. The summed E-state index contributed by atoms with van der Waals surface area (Å²) in [6.07, 6.45) is 4.67. The van der Waals surface area contributed by atoms with E-state index in [1.807, 2.05) is 13.8 Å². The molecular formula is C19H28O4. The van der Waals surface area contributed by atoms with E-state index in [-0.39, 0.29) is 46.8 Å². The van der Waals surface area contributed by atoms with Crippen LogP contribution in [-0.4, -0.2) is 23.1 Å². The van der Waals surface area contributed by atoms with Crippen molar-refractivity contribution in [3.05, 3.63) is 0 Å². The second-order valence-electron chi connectivity index (χ2n) is 7.45. The lowest BCUT2D eigenvalue weighted by atomic mass is 9.76. The third kappa shape index (κ3) is 4.82. The van der Waals surface area contributed by atoms with E-state index in [4.69, 9.17) is 0 Å². The Kier molecular flexibility index (Phi) is 6.25. The number of carbonyl (C=O) groups excluding carboxylic acids is 4. The Morgan fingerprint density at radius 2 is 0.957 bits per heavy atom. The van der Waals surface area contributed by atoms with Crippen LogP contribution in [0.25, 0.3) is 0 Å². The maximum Gasteiger partial charge on any atom is 0.136 e. The topological polar surface area (TPSA) is 68.3 Å². The Hall–Kier alpha value is -1.32. The van der Waals surface area contributed by atoms with Gasteiger partial charge in [-0.1, -0.05) is 13.8 Å². The first kappa shape index (κ1) is 18.0. The molecule has 4 unspecified atom stereocenters. The van der Waals surface area contributed by atoms with E-state index in [2.05, 4.69) is 0 Å². The minimum atomic E-state index is -0.188. The summed E-state index contributed by atoms with van der Waals surface area (Å²) in [4.78, 5) is 48.6. The molecule has 0 N–H and O–H groups in total. The van der Waals surface area contributed by atoms with Gasteiger partial charge >= 0.3 is 0 Å². The molecule has 0 spiro atoms. The van der Waals surface area contributed by atoms with Gasteiger partial charge in [0.25, 0.3) is 0 Å². The molecule has 2 aliphatic carbocycles. The molecule has 4 nitrogen and oxygen atoms in total. The van der Waals surface area contributed by atoms with Crippen molar-refractivity contribution in [2.75, 3.05) is 0 Å². The molecule has 0 amide bonds. The summed E-state index contributed by atoms with van der Waals surface area (Å²) in [6, 6.07) is 0. The number of hydrogen-bond acceptors (Lipinski definition) is 4. The highest BCUT2D eigenvalue weighted by Gasteiger charge is 2.32. The number of hydrogen-bond donors (Lipinski definition) is 0. The molecule has 0 aromatic heterocycles. The number of carbonyl (C=O) groups is 4. The summed E-state index contributed by atoms with van der Waals surface area (Å²) in [6.45, 7) is 3.78. The third-order valence-corrected chi connectivity index (χ3v) is 5.70. The van der Waals surface area contributed by atoms with Crippen molar-refractivity contribution in [3.63, 3.8) is 0 Å². The molecule has 0 aromatic rings. The number of ketones is 4. The molecule has 0 heterocycles. The van der Waals surface area contributed by atoms with E-state index in [0.29, 0.717) is 57.8 Å². The monoisotopic (exact) mass is 320 g/mol. The van der Waals surface area contributed by atoms with Gasteiger partial charge in [-0.05, 0) is 32.1 Å². The minimum absolute atomic E-state index is 0.0259. The van der Waals surface area contributed by atoms with Crippen molar-refractivity contribution in [2.45, 2.75) is 71.6 Å². The molecule has 128 valence electrons. The normalized spacial score (nSPS) is 34.5. The zero-order chi connectivity index (χ0) is 17.0. The van der Waals surface area contributed by atoms with Crippen LogP contribution in [-0.2, 0) is 19.2 Å². The number of rotatable bonds is 2. The molecule has 0 bridgehead atoms. The first-order chi connectivity index (χ1) is 10.9. The van der Waals surface area contributed by atoms with Gasteiger partial charge in [-0.25, -0.2) is 0 Å². The summed E-state index contributed by atoms with van der Waals surface area (Å²) < 4.78 is 0. The zero-order valence-electron chi connectivity index (χ0n) is 14.3. The van der Waals surface area contributed by atoms with Crippen LogP contribution in [0.2, 0.25) is 0 Å². The molecule has 2 aliphatic rings. The first-order valence-electron chi connectivity index (χ1n) is 8.99. The van der Waals surface area contributed by atoms with Gasteiger partial charge in [0.05, 0.1) is 0 Å². The van der Waals surface area contributed by atoms with E-state index in [1.54, 1.807) is 0 Å². The second-order valence-corrected chi connectivity index (χ2v) is 7.45. The summed E-state index contributed by atoms with van der Waals surface area (Å²) in [5.41, 5.74) is 0. The van der Waals surface area contributed by atoms with Gasteiger partial charge in [0.2, 0.25) is 0 Å². The SMILES string of the molecule is CC1CCC(=O)C(CC2CCC(=O)C(C)CCC2=O)CCC1=O. The summed E-state index contributed by atoms with van der Waals surface area (Å²) in [7, 11) is 0. The standard InChI is InChI=1S/C19H28O4/c1-12-3-7-18(22)14(5-9-16(12)20)11-15-6-10-17(21)13(2)4-8-19(15)23/h12-15H,3-11H2,1-2H3. The van der Waals surface area contributed by atoms with E-state index in [0.717, 1.165) is 0 Å². The molecule has 2 rings (SSSR count). The highest BCUT2D eigenvalue weighted by molar-refractivity contribution is 5.88. The average Bonchev–Trinajstić information content (AvgIpc) is 2.53. The number of Topliss-reactive ketones (excluding diaryl/α,β-unsaturated/α-hetero) is 4. The van der Waals surface area contributed by atoms with Crippen LogP contribution in [0.3, 0.4) is 0 Å². The molecule has 4 heteroatoms. The average molecular weight is 320 g/mol. The lowest BCUT2D eigenvalue weighted by Gasteiger charge is -2.26. The van der Waals surface area contributed by atoms with Crippen LogP contribution >= 0.6 is 0 Å². The van der Waals surface area contributed by atoms with Crippen LogP contribution in [0.5, 0.6) is 0 Å². The van der Waals surface area contributed by atoms with E-state index in [9.17, 15) is 19.2 Å². The van der Waals surface area contributed by atoms with Crippen molar-refractivity contribution in [3.8, 4) is 0 Å². The van der Waals surface area contributed by atoms with Crippen LogP contribution in [0, 0.1) is 23.7 Å². The maximum atomic E-state index is 12.4. The van der Waals surface area contributed by atoms with Gasteiger partial charge < -0.3 is 0 Å². The van der Waals surface area contributed by atoms with Crippen LogP contribution < -0.4 is 0 Å². The second kappa shape index (κ2) is 7.98. The molecule has 2 saturated carbocycles. The predicted octanol–water partition coefficient (Wildman–Crippen LogP) is 3.31. The fourth-order valence-electron chi connectivity index (χ4n) is 3.74. The van der Waals surface area contributed by atoms with Crippen molar-refractivity contribution in [1.29, 1.82) is 0 Å². The fraction of sp³-hybridized carbons (Fsp3) is 0.789. The van der Waals surface area contributed by atoms with E-state index < -0.39 is 0 Å². The quantitative estimate of drug-likeness (QED) is 0.783. The van der Waals surface area contributed by atoms with Gasteiger partial charge in [-0.3, -0.25) is 19.2 Å².